The second-order valence-electron chi connectivity index (χ2n) is 4.18. The van der Waals surface area contributed by atoms with Crippen LogP contribution in [0.4, 0.5) is 5.82 Å². The average molecular weight is 208 g/mol. The molecule has 1 atom stereocenters. The fourth-order valence-corrected chi connectivity index (χ4v) is 1.73. The third kappa shape index (κ3) is 1.74. The van der Waals surface area contributed by atoms with E-state index in [2.05, 4.69) is 24.1 Å². The predicted molar refractivity (Wildman–Crippen MR) is 56.7 cm³/mol. The third-order valence-electron chi connectivity index (χ3n) is 2.63. The number of aliphatic hydroxyl groups excluding tert-OH is 1. The molecule has 0 saturated carbocycles. The molecule has 0 radical (unpaired) electrons. The van der Waals surface area contributed by atoms with Crippen LogP contribution in [-0.2, 0) is 6.54 Å². The normalized spacial score (nSPS) is 19.1. The minimum absolute atomic E-state index is 0.0123. The quantitative estimate of drug-likeness (QED) is 0.653. The number of nitrogens with one attached hydrogen (secondary N) is 2. The van der Waals surface area contributed by atoms with E-state index in [1.807, 2.05) is 6.07 Å². The Kier molecular flexibility index (Phi) is 2.48. The van der Waals surface area contributed by atoms with Crippen molar-refractivity contribution in [2.24, 2.45) is 0 Å². The van der Waals surface area contributed by atoms with Crippen molar-refractivity contribution in [3.63, 3.8) is 0 Å². The molecular formula is C10H16N4O. The zero-order valence-corrected chi connectivity index (χ0v) is 8.99. The molecule has 15 heavy (non-hydrogen) atoms. The summed E-state index contributed by atoms with van der Waals surface area (Å²) in [7, 11) is 0. The van der Waals surface area contributed by atoms with Crippen molar-refractivity contribution >= 4 is 5.82 Å². The minimum Gasteiger partial charge on any atom is -0.394 e. The maximum atomic E-state index is 9.05. The van der Waals surface area contributed by atoms with E-state index in [0.717, 1.165) is 11.5 Å². The molecule has 2 heterocycles. The van der Waals surface area contributed by atoms with Crippen molar-refractivity contribution in [3.05, 3.63) is 17.4 Å². The van der Waals surface area contributed by atoms with Gasteiger partial charge in [0.1, 0.15) is 5.82 Å². The fourth-order valence-electron chi connectivity index (χ4n) is 1.73. The molecule has 5 heteroatoms. The molecule has 0 saturated heterocycles. The van der Waals surface area contributed by atoms with Crippen LogP contribution in [0.15, 0.2) is 6.07 Å². The van der Waals surface area contributed by atoms with Crippen LogP contribution in [-0.4, -0.2) is 27.3 Å². The van der Waals surface area contributed by atoms with E-state index in [1.54, 1.807) is 4.57 Å². The van der Waals surface area contributed by atoms with Crippen LogP contribution < -0.4 is 10.9 Å². The number of fused-ring (bicyclic) bond motifs is 1. The largest absolute Gasteiger partial charge is 0.394 e. The van der Waals surface area contributed by atoms with E-state index >= 15 is 0 Å². The van der Waals surface area contributed by atoms with Crippen molar-refractivity contribution in [1.29, 1.82) is 5.41 Å². The zero-order valence-electron chi connectivity index (χ0n) is 8.99. The predicted octanol–water partition coefficient (Wildman–Crippen LogP) is 0.272. The molecule has 3 N–H and O–H groups in total. The summed E-state index contributed by atoms with van der Waals surface area (Å²) < 4.78 is 1.78. The molecule has 0 aliphatic carbocycles. The fraction of sp³-hybridized carbons (Fsp3) is 0.600. The van der Waals surface area contributed by atoms with Gasteiger partial charge in [-0.05, 0) is 5.92 Å². The van der Waals surface area contributed by atoms with Gasteiger partial charge < -0.3 is 10.4 Å². The van der Waals surface area contributed by atoms with Gasteiger partial charge in [-0.15, -0.1) is 0 Å². The molecule has 1 aliphatic rings. The Bertz CT molecular complexity index is 424. The van der Waals surface area contributed by atoms with Crippen LogP contribution in [0, 0.1) is 5.41 Å². The Morgan fingerprint density at radius 1 is 1.73 bits per heavy atom. The molecule has 2 rings (SSSR count). The minimum atomic E-state index is 0.0123. The van der Waals surface area contributed by atoms with E-state index < -0.39 is 0 Å². The van der Waals surface area contributed by atoms with Gasteiger partial charge in [-0.2, -0.15) is 0 Å². The number of rotatable bonds is 2. The Labute approximate surface area is 88.3 Å². The maximum absolute atomic E-state index is 9.05. The number of hydrogen-bond acceptors (Lipinski definition) is 4. The van der Waals surface area contributed by atoms with E-state index in [4.69, 9.17) is 10.5 Å². The summed E-state index contributed by atoms with van der Waals surface area (Å²) in [5.74, 6) is 1.20. The Hall–Kier alpha value is -1.36. The van der Waals surface area contributed by atoms with Gasteiger partial charge in [-0.1, -0.05) is 13.8 Å². The SMILES string of the molecule is CC(C)c1cc2n(c(=N)n1)CC(CO)N2. The van der Waals surface area contributed by atoms with Gasteiger partial charge in [0.25, 0.3) is 0 Å². The van der Waals surface area contributed by atoms with Gasteiger partial charge in [-0.25, -0.2) is 4.98 Å². The Balaban J connectivity index is 2.42. The molecular weight excluding hydrogens is 192 g/mol. The van der Waals surface area contributed by atoms with E-state index in [1.165, 1.54) is 0 Å². The Morgan fingerprint density at radius 2 is 2.47 bits per heavy atom. The third-order valence-corrected chi connectivity index (χ3v) is 2.63. The van der Waals surface area contributed by atoms with Crippen molar-refractivity contribution in [3.8, 4) is 0 Å². The first kappa shape index (κ1) is 10.2. The summed E-state index contributed by atoms with van der Waals surface area (Å²) in [5, 5.41) is 20.0. The monoisotopic (exact) mass is 208 g/mol. The number of aromatic nitrogens is 2. The molecule has 1 aromatic heterocycles. The highest BCUT2D eigenvalue weighted by molar-refractivity contribution is 5.41. The lowest BCUT2D eigenvalue weighted by atomic mass is 10.1. The van der Waals surface area contributed by atoms with Crippen molar-refractivity contribution in [2.75, 3.05) is 11.9 Å². The maximum Gasteiger partial charge on any atom is 0.223 e. The second-order valence-corrected chi connectivity index (χ2v) is 4.18. The van der Waals surface area contributed by atoms with Gasteiger partial charge in [0.15, 0.2) is 0 Å². The van der Waals surface area contributed by atoms with Gasteiger partial charge in [0.2, 0.25) is 5.62 Å². The number of nitrogens with zero attached hydrogens (tertiary/aromatic N) is 2. The van der Waals surface area contributed by atoms with Gasteiger partial charge in [0.05, 0.1) is 18.3 Å². The lowest BCUT2D eigenvalue weighted by Crippen LogP contribution is -2.25. The molecule has 0 bridgehead atoms. The number of anilines is 1. The van der Waals surface area contributed by atoms with Crippen LogP contribution in [0.25, 0.3) is 0 Å². The summed E-state index contributed by atoms with van der Waals surface area (Å²) in [6.45, 7) is 4.81. The van der Waals surface area contributed by atoms with Crippen LogP contribution >= 0.6 is 0 Å². The van der Waals surface area contributed by atoms with Crippen LogP contribution in [0.3, 0.4) is 0 Å². The highest BCUT2D eigenvalue weighted by atomic mass is 16.3. The standard InChI is InChI=1S/C10H16N4O/c1-6(2)8-3-9-12-7(5-15)4-14(9)10(11)13-8/h3,6-7,11-12,15H,4-5H2,1-2H3. The van der Waals surface area contributed by atoms with Crippen LogP contribution in [0.2, 0.25) is 0 Å². The number of aliphatic hydroxyl groups is 1. The Morgan fingerprint density at radius 3 is 3.07 bits per heavy atom. The van der Waals surface area contributed by atoms with Crippen LogP contribution in [0.1, 0.15) is 25.5 Å². The second kappa shape index (κ2) is 3.66. The van der Waals surface area contributed by atoms with Crippen molar-refractivity contribution < 1.29 is 5.11 Å². The lowest BCUT2D eigenvalue weighted by molar-refractivity contribution is 0.270. The topological polar surface area (TPSA) is 73.9 Å². The molecule has 0 amide bonds. The van der Waals surface area contributed by atoms with E-state index in [0.29, 0.717) is 12.5 Å². The summed E-state index contributed by atoms with van der Waals surface area (Å²) in [4.78, 5) is 4.22. The summed E-state index contributed by atoms with van der Waals surface area (Å²) in [5.41, 5.74) is 1.18. The summed E-state index contributed by atoms with van der Waals surface area (Å²) >= 11 is 0. The zero-order chi connectivity index (χ0) is 11.0. The molecule has 1 aliphatic heterocycles. The van der Waals surface area contributed by atoms with E-state index in [9.17, 15) is 0 Å². The first-order valence-electron chi connectivity index (χ1n) is 5.15. The smallest absolute Gasteiger partial charge is 0.223 e. The van der Waals surface area contributed by atoms with Crippen molar-refractivity contribution in [1.82, 2.24) is 9.55 Å². The highest BCUT2D eigenvalue weighted by Crippen LogP contribution is 2.19. The van der Waals surface area contributed by atoms with E-state index in [-0.39, 0.29) is 18.3 Å². The molecule has 0 spiro atoms. The molecule has 0 aromatic carbocycles. The summed E-state index contributed by atoms with van der Waals surface area (Å²) in [6, 6.07) is 1.97. The average Bonchev–Trinajstić information content (AvgIpc) is 2.61. The van der Waals surface area contributed by atoms with Gasteiger partial charge in [0, 0.05) is 12.6 Å². The lowest BCUT2D eigenvalue weighted by Gasteiger charge is -2.08. The van der Waals surface area contributed by atoms with Crippen molar-refractivity contribution in [2.45, 2.75) is 32.4 Å². The first-order chi connectivity index (χ1) is 7.11. The molecule has 5 nitrogen and oxygen atoms in total. The first-order valence-corrected chi connectivity index (χ1v) is 5.15. The molecule has 0 fully saturated rings. The highest BCUT2D eigenvalue weighted by Gasteiger charge is 2.20. The number of hydrogen-bond donors (Lipinski definition) is 3. The molecule has 1 aromatic rings. The van der Waals surface area contributed by atoms with Gasteiger partial charge in [-0.3, -0.25) is 9.98 Å². The van der Waals surface area contributed by atoms with Gasteiger partial charge >= 0.3 is 0 Å². The molecule has 1 unspecified atom stereocenters. The summed E-state index contributed by atoms with van der Waals surface area (Å²) in [6.07, 6.45) is 0. The van der Waals surface area contributed by atoms with Crippen LogP contribution in [0.5, 0.6) is 0 Å². The molecule has 82 valence electrons.